The van der Waals surface area contributed by atoms with Crippen molar-refractivity contribution in [2.75, 3.05) is 35.6 Å². The second kappa shape index (κ2) is 18.1. The molecule has 0 bridgehead atoms. The van der Waals surface area contributed by atoms with Crippen LogP contribution in [-0.4, -0.2) is 90.3 Å². The zero-order valence-corrected chi connectivity index (χ0v) is 32.1. The molecular formula is C41H45N7O8S. The van der Waals surface area contributed by atoms with Crippen LogP contribution in [0.3, 0.4) is 0 Å². The highest BCUT2D eigenvalue weighted by Crippen LogP contribution is 2.26. The Balaban J connectivity index is 0.936. The molecule has 16 heteroatoms. The van der Waals surface area contributed by atoms with Crippen molar-refractivity contribution >= 4 is 56.9 Å². The van der Waals surface area contributed by atoms with Gasteiger partial charge in [-0.25, -0.2) is 22.8 Å². The molecule has 4 aromatic rings. The zero-order valence-electron chi connectivity index (χ0n) is 31.3. The van der Waals surface area contributed by atoms with Gasteiger partial charge in [0.25, 0.3) is 0 Å². The molecule has 57 heavy (non-hydrogen) atoms. The van der Waals surface area contributed by atoms with Crippen LogP contribution in [0.15, 0.2) is 108 Å². The number of nitrogens with zero attached hydrogens (tertiary/aromatic N) is 2. The second-order valence-electron chi connectivity index (χ2n) is 14.1. The Kier molecular flexibility index (Phi) is 12.8. The monoisotopic (exact) mass is 795 g/mol. The second-order valence-corrected chi connectivity index (χ2v) is 16.0. The Labute approximate surface area is 330 Å². The van der Waals surface area contributed by atoms with Gasteiger partial charge in [0, 0.05) is 49.2 Å². The molecule has 2 aliphatic rings. The van der Waals surface area contributed by atoms with Gasteiger partial charge in [-0.1, -0.05) is 60.7 Å². The van der Waals surface area contributed by atoms with E-state index in [1.54, 1.807) is 71.6 Å². The number of amides is 6. The fourth-order valence-corrected chi connectivity index (χ4v) is 8.56. The number of carbonyl (C=O) groups is 5. The van der Waals surface area contributed by atoms with E-state index in [9.17, 15) is 37.5 Å². The molecule has 0 aliphatic carbocycles. The standard InChI is InChI=1S/C41H45N7O8S/c1-27-8-5-6-11-34(27)46-40(53)43-30-17-15-29(16-18-30)25-37(49)42-32-21-23-47(26-32)41(54)44-31-19-13-28(14-20-31)24-35(39(51)52)45-38(50)36-12-7-22-48(36)57(55,56)33-9-3-2-4-10-33/h2-6,8-11,13-20,32,35-36H,7,12,21-26H2,1H3,(H,42,49)(H,44,54)(H,45,50)(H,51,52)(H2,43,46,53)/t32?,35-,36-/m0/s1. The Morgan fingerprint density at radius 3 is 2.11 bits per heavy atom. The number of carboxylic acids is 1. The van der Waals surface area contributed by atoms with Gasteiger partial charge in [0.2, 0.25) is 21.8 Å². The van der Waals surface area contributed by atoms with Gasteiger partial charge < -0.3 is 36.6 Å². The molecule has 0 spiro atoms. The minimum Gasteiger partial charge on any atom is -0.480 e. The van der Waals surface area contributed by atoms with Gasteiger partial charge in [-0.2, -0.15) is 4.31 Å². The van der Waals surface area contributed by atoms with Crippen LogP contribution in [0, 0.1) is 6.92 Å². The average molecular weight is 796 g/mol. The molecule has 2 heterocycles. The smallest absolute Gasteiger partial charge is 0.326 e. The summed E-state index contributed by atoms with van der Waals surface area (Å²) < 4.78 is 27.6. The fraction of sp³-hybridized carbons (Fsp3) is 0.293. The van der Waals surface area contributed by atoms with Crippen molar-refractivity contribution in [1.82, 2.24) is 19.8 Å². The van der Waals surface area contributed by atoms with E-state index < -0.39 is 34.0 Å². The molecule has 0 aromatic heterocycles. The summed E-state index contributed by atoms with van der Waals surface area (Å²) in [5, 5.41) is 23.8. The third-order valence-electron chi connectivity index (χ3n) is 9.93. The average Bonchev–Trinajstić information content (AvgIpc) is 3.89. The predicted octanol–water partition coefficient (Wildman–Crippen LogP) is 4.57. The van der Waals surface area contributed by atoms with Crippen LogP contribution in [0.25, 0.3) is 0 Å². The third kappa shape index (κ3) is 10.5. The first-order valence-corrected chi connectivity index (χ1v) is 20.1. The largest absolute Gasteiger partial charge is 0.480 e. The molecule has 4 aromatic carbocycles. The zero-order chi connectivity index (χ0) is 40.5. The molecule has 298 valence electrons. The van der Waals surface area contributed by atoms with E-state index in [1.165, 1.54) is 12.1 Å². The van der Waals surface area contributed by atoms with Crippen LogP contribution in [0.2, 0.25) is 0 Å². The van der Waals surface area contributed by atoms with Crippen molar-refractivity contribution < 1.29 is 37.5 Å². The van der Waals surface area contributed by atoms with Gasteiger partial charge in [-0.15, -0.1) is 0 Å². The molecule has 6 rings (SSSR count). The highest BCUT2D eigenvalue weighted by molar-refractivity contribution is 7.89. The molecule has 0 saturated carbocycles. The van der Waals surface area contributed by atoms with E-state index in [-0.39, 0.29) is 54.7 Å². The van der Waals surface area contributed by atoms with E-state index >= 15 is 0 Å². The van der Waals surface area contributed by atoms with Crippen LogP contribution >= 0.6 is 0 Å². The minimum absolute atomic E-state index is 0.0619. The van der Waals surface area contributed by atoms with Crippen LogP contribution in [0.4, 0.5) is 26.7 Å². The number of hydrogen-bond donors (Lipinski definition) is 6. The Bertz CT molecular complexity index is 2200. The molecule has 15 nitrogen and oxygen atoms in total. The lowest BCUT2D eigenvalue weighted by atomic mass is 10.0. The van der Waals surface area contributed by atoms with Gasteiger partial charge in [-0.05, 0) is 85.3 Å². The van der Waals surface area contributed by atoms with E-state index in [0.29, 0.717) is 48.6 Å². The first-order chi connectivity index (χ1) is 27.3. The molecule has 6 N–H and O–H groups in total. The molecule has 2 saturated heterocycles. The van der Waals surface area contributed by atoms with Crippen LogP contribution in [0.1, 0.15) is 36.0 Å². The molecule has 2 fully saturated rings. The lowest BCUT2D eigenvalue weighted by Crippen LogP contribution is -2.51. The number of nitrogens with one attached hydrogen (secondary N) is 5. The molecule has 3 atom stereocenters. The summed E-state index contributed by atoms with van der Waals surface area (Å²) in [6.07, 6.45) is 1.39. The van der Waals surface area contributed by atoms with Gasteiger partial charge >= 0.3 is 18.0 Å². The summed E-state index contributed by atoms with van der Waals surface area (Å²) in [5.41, 5.74) is 4.06. The Morgan fingerprint density at radius 1 is 0.772 bits per heavy atom. The fourth-order valence-electron chi connectivity index (χ4n) is 6.88. The number of sulfonamides is 1. The van der Waals surface area contributed by atoms with Crippen molar-refractivity contribution in [1.29, 1.82) is 0 Å². The van der Waals surface area contributed by atoms with Gasteiger partial charge in [-0.3, -0.25) is 9.59 Å². The number of likely N-dealkylation sites (tertiary alicyclic amines) is 1. The van der Waals surface area contributed by atoms with E-state index in [4.69, 9.17) is 0 Å². The number of anilines is 3. The predicted molar refractivity (Wildman–Crippen MR) is 214 cm³/mol. The number of para-hydroxylation sites is 1. The van der Waals surface area contributed by atoms with Crippen LogP contribution in [0.5, 0.6) is 0 Å². The normalized spacial score (nSPS) is 17.3. The summed E-state index contributed by atoms with van der Waals surface area (Å²) in [6.45, 7) is 2.81. The number of benzene rings is 4. The topological polar surface area (TPSA) is 206 Å². The highest BCUT2D eigenvalue weighted by atomic mass is 32.2. The summed E-state index contributed by atoms with van der Waals surface area (Å²) in [4.78, 5) is 65.3. The Hall–Kier alpha value is -6.26. The molecule has 6 amide bonds. The number of urea groups is 2. The first kappa shape index (κ1) is 40.4. The van der Waals surface area contributed by atoms with Crippen molar-refractivity contribution in [3.63, 3.8) is 0 Å². The van der Waals surface area contributed by atoms with Crippen molar-refractivity contribution in [3.05, 3.63) is 120 Å². The number of aryl methyl sites for hydroxylation is 1. The lowest BCUT2D eigenvalue weighted by molar-refractivity contribution is -0.142. The maximum Gasteiger partial charge on any atom is 0.326 e. The summed E-state index contributed by atoms with van der Waals surface area (Å²) in [6, 6.07) is 25.5. The van der Waals surface area contributed by atoms with E-state index in [1.807, 2.05) is 31.2 Å². The maximum atomic E-state index is 13.2. The maximum absolute atomic E-state index is 13.2. The summed E-state index contributed by atoms with van der Waals surface area (Å²) in [5.74, 6) is -2.13. The van der Waals surface area contributed by atoms with Gasteiger partial charge in [0.05, 0.1) is 11.3 Å². The molecule has 2 aliphatic heterocycles. The lowest BCUT2D eigenvalue weighted by Gasteiger charge is -2.25. The first-order valence-electron chi connectivity index (χ1n) is 18.6. The van der Waals surface area contributed by atoms with E-state index in [0.717, 1.165) is 15.4 Å². The SMILES string of the molecule is Cc1ccccc1NC(=O)Nc1ccc(CC(=O)NC2CCN(C(=O)Nc3ccc(C[C@H](NC(=O)[C@@H]4CCCN4S(=O)(=O)c4ccccc4)C(=O)O)cc3)C2)cc1. The number of rotatable bonds is 13. The summed E-state index contributed by atoms with van der Waals surface area (Å²) >= 11 is 0. The third-order valence-corrected chi connectivity index (χ3v) is 11.8. The van der Waals surface area contributed by atoms with Crippen LogP contribution < -0.4 is 26.6 Å². The van der Waals surface area contributed by atoms with E-state index in [2.05, 4.69) is 26.6 Å². The Morgan fingerprint density at radius 2 is 1.42 bits per heavy atom. The molecular weight excluding hydrogens is 751 g/mol. The highest BCUT2D eigenvalue weighted by Gasteiger charge is 2.40. The van der Waals surface area contributed by atoms with Crippen molar-refractivity contribution in [2.45, 2.75) is 62.0 Å². The molecule has 1 unspecified atom stereocenters. The summed E-state index contributed by atoms with van der Waals surface area (Å²) in [7, 11) is -3.94. The number of hydrogen-bond acceptors (Lipinski definition) is 7. The van der Waals surface area contributed by atoms with Crippen molar-refractivity contribution in [3.8, 4) is 0 Å². The minimum atomic E-state index is -3.94. The number of aliphatic carboxylic acids is 1. The van der Waals surface area contributed by atoms with Crippen LogP contribution in [-0.2, 0) is 37.2 Å². The quantitative estimate of drug-likeness (QED) is 0.113. The number of carbonyl (C=O) groups excluding carboxylic acids is 4. The van der Waals surface area contributed by atoms with Gasteiger partial charge in [0.1, 0.15) is 12.1 Å². The number of carboxylic acid groups (broad SMARTS) is 1. The molecule has 0 radical (unpaired) electrons. The van der Waals surface area contributed by atoms with Gasteiger partial charge in [0.15, 0.2) is 0 Å². The van der Waals surface area contributed by atoms with Crippen molar-refractivity contribution in [2.24, 2.45) is 0 Å².